The van der Waals surface area contributed by atoms with Crippen molar-refractivity contribution in [1.29, 1.82) is 0 Å². The van der Waals surface area contributed by atoms with Crippen LogP contribution in [0.3, 0.4) is 0 Å². The van der Waals surface area contributed by atoms with Gasteiger partial charge in [-0.1, -0.05) is 26.8 Å². The number of ether oxygens (including phenoxy) is 1. The van der Waals surface area contributed by atoms with Gasteiger partial charge in [0.25, 0.3) is 0 Å². The Hall–Kier alpha value is -1.51. The Morgan fingerprint density at radius 3 is 2.44 bits per heavy atom. The fourth-order valence-electron chi connectivity index (χ4n) is 1.64. The minimum Gasteiger partial charge on any atom is -0.496 e. The second kappa shape index (κ2) is 4.56. The van der Waals surface area contributed by atoms with Gasteiger partial charge in [-0.25, -0.2) is 4.79 Å². The monoisotopic (exact) mass is 222 g/mol. The second-order valence-electron chi connectivity index (χ2n) is 5.08. The number of hydrogen-bond acceptors (Lipinski definition) is 2. The Morgan fingerprint density at radius 2 is 2.00 bits per heavy atom. The van der Waals surface area contributed by atoms with Gasteiger partial charge in [0.15, 0.2) is 0 Å². The molecule has 1 aromatic carbocycles. The molecule has 0 bridgehead atoms. The van der Waals surface area contributed by atoms with Crippen LogP contribution in [0.25, 0.3) is 0 Å². The van der Waals surface area contributed by atoms with E-state index in [2.05, 4.69) is 20.8 Å². The Morgan fingerprint density at radius 1 is 1.38 bits per heavy atom. The molecule has 1 N–H and O–H groups in total. The number of aromatic carboxylic acids is 1. The molecule has 1 rings (SSSR count). The highest BCUT2D eigenvalue weighted by Crippen LogP contribution is 2.25. The van der Waals surface area contributed by atoms with Crippen molar-refractivity contribution < 1.29 is 14.6 Å². The molecule has 0 aliphatic carbocycles. The second-order valence-corrected chi connectivity index (χ2v) is 5.08. The van der Waals surface area contributed by atoms with E-state index in [1.54, 1.807) is 12.1 Å². The maximum Gasteiger partial charge on any atom is 0.339 e. The molecule has 0 saturated heterocycles. The number of carboxylic acid groups (broad SMARTS) is 1. The van der Waals surface area contributed by atoms with Crippen LogP contribution in [0.1, 0.15) is 36.7 Å². The maximum atomic E-state index is 11.0. The number of rotatable bonds is 3. The molecular formula is C13H18O3. The van der Waals surface area contributed by atoms with E-state index < -0.39 is 5.97 Å². The molecule has 1 aromatic rings. The van der Waals surface area contributed by atoms with Gasteiger partial charge in [-0.05, 0) is 29.5 Å². The molecule has 0 aromatic heterocycles. The van der Waals surface area contributed by atoms with Crippen LogP contribution >= 0.6 is 0 Å². The van der Waals surface area contributed by atoms with Crippen LogP contribution in [0.2, 0.25) is 0 Å². The van der Waals surface area contributed by atoms with Gasteiger partial charge in [0, 0.05) is 0 Å². The highest BCUT2D eigenvalue weighted by molar-refractivity contribution is 5.91. The van der Waals surface area contributed by atoms with Crippen LogP contribution in [0, 0.1) is 5.41 Å². The van der Waals surface area contributed by atoms with E-state index in [-0.39, 0.29) is 11.0 Å². The zero-order valence-electron chi connectivity index (χ0n) is 10.2. The third kappa shape index (κ3) is 3.26. The summed E-state index contributed by atoms with van der Waals surface area (Å²) in [5.41, 5.74) is 1.39. The molecule has 0 saturated carbocycles. The largest absolute Gasteiger partial charge is 0.496 e. The van der Waals surface area contributed by atoms with E-state index in [9.17, 15) is 4.79 Å². The molecular weight excluding hydrogens is 204 g/mol. The molecule has 0 spiro atoms. The van der Waals surface area contributed by atoms with Crippen molar-refractivity contribution in [2.45, 2.75) is 27.2 Å². The highest BCUT2D eigenvalue weighted by Gasteiger charge is 2.15. The molecule has 0 atom stereocenters. The molecule has 0 aliphatic heterocycles. The molecule has 0 unspecified atom stereocenters. The first kappa shape index (κ1) is 12.6. The first-order chi connectivity index (χ1) is 7.33. The van der Waals surface area contributed by atoms with Gasteiger partial charge in [0.1, 0.15) is 11.3 Å². The SMILES string of the molecule is COc1ccc(CC(C)(C)C)cc1C(=O)O. The lowest BCUT2D eigenvalue weighted by molar-refractivity contribution is 0.0693. The number of carbonyl (C=O) groups is 1. The van der Waals surface area contributed by atoms with Crippen LogP contribution in [-0.2, 0) is 6.42 Å². The Bertz CT molecular complexity index is 389. The molecule has 0 heterocycles. The summed E-state index contributed by atoms with van der Waals surface area (Å²) in [7, 11) is 1.48. The summed E-state index contributed by atoms with van der Waals surface area (Å²) in [6.45, 7) is 6.37. The van der Waals surface area contributed by atoms with Crippen molar-refractivity contribution in [3.05, 3.63) is 29.3 Å². The fourth-order valence-corrected chi connectivity index (χ4v) is 1.64. The van der Waals surface area contributed by atoms with Gasteiger partial charge < -0.3 is 9.84 Å². The predicted octanol–water partition coefficient (Wildman–Crippen LogP) is 2.98. The summed E-state index contributed by atoms with van der Waals surface area (Å²) in [6, 6.07) is 5.31. The van der Waals surface area contributed by atoms with Crippen molar-refractivity contribution in [2.24, 2.45) is 5.41 Å². The van der Waals surface area contributed by atoms with E-state index in [1.165, 1.54) is 7.11 Å². The van der Waals surface area contributed by atoms with Crippen molar-refractivity contribution in [2.75, 3.05) is 7.11 Å². The van der Waals surface area contributed by atoms with Crippen LogP contribution < -0.4 is 4.74 Å². The summed E-state index contributed by atoms with van der Waals surface area (Å²) in [4.78, 5) is 11.0. The Labute approximate surface area is 96.1 Å². The van der Waals surface area contributed by atoms with Crippen molar-refractivity contribution in [3.8, 4) is 5.75 Å². The van der Waals surface area contributed by atoms with Gasteiger partial charge in [0.2, 0.25) is 0 Å². The molecule has 3 nitrogen and oxygen atoms in total. The number of methoxy groups -OCH3 is 1. The van der Waals surface area contributed by atoms with Crippen molar-refractivity contribution in [3.63, 3.8) is 0 Å². The average Bonchev–Trinajstić information content (AvgIpc) is 2.15. The molecule has 0 radical (unpaired) electrons. The lowest BCUT2D eigenvalue weighted by Gasteiger charge is -2.18. The van der Waals surface area contributed by atoms with E-state index >= 15 is 0 Å². The lowest BCUT2D eigenvalue weighted by atomic mass is 9.87. The number of carboxylic acids is 1. The molecule has 0 fully saturated rings. The number of hydrogen-bond donors (Lipinski definition) is 1. The summed E-state index contributed by atoms with van der Waals surface area (Å²) in [6.07, 6.45) is 0.845. The molecule has 3 heteroatoms. The van der Waals surface area contributed by atoms with Crippen molar-refractivity contribution in [1.82, 2.24) is 0 Å². The normalized spacial score (nSPS) is 11.2. The zero-order valence-corrected chi connectivity index (χ0v) is 10.2. The maximum absolute atomic E-state index is 11.0. The van der Waals surface area contributed by atoms with E-state index in [4.69, 9.17) is 9.84 Å². The third-order valence-corrected chi connectivity index (χ3v) is 2.23. The Balaban J connectivity index is 3.07. The quantitative estimate of drug-likeness (QED) is 0.855. The van der Waals surface area contributed by atoms with Gasteiger partial charge in [0.05, 0.1) is 7.11 Å². The summed E-state index contributed by atoms with van der Waals surface area (Å²) in [5, 5.41) is 9.04. The smallest absolute Gasteiger partial charge is 0.339 e. The average molecular weight is 222 g/mol. The van der Waals surface area contributed by atoms with Crippen LogP contribution in [-0.4, -0.2) is 18.2 Å². The van der Waals surface area contributed by atoms with Crippen LogP contribution in [0.5, 0.6) is 5.75 Å². The fraction of sp³-hybridized carbons (Fsp3) is 0.462. The molecule has 0 amide bonds. The number of benzene rings is 1. The first-order valence-corrected chi connectivity index (χ1v) is 5.24. The van der Waals surface area contributed by atoms with Crippen LogP contribution in [0.15, 0.2) is 18.2 Å². The van der Waals surface area contributed by atoms with Gasteiger partial charge >= 0.3 is 5.97 Å². The summed E-state index contributed by atoms with van der Waals surface area (Å²) < 4.78 is 5.01. The summed E-state index contributed by atoms with van der Waals surface area (Å²) >= 11 is 0. The first-order valence-electron chi connectivity index (χ1n) is 5.24. The van der Waals surface area contributed by atoms with Gasteiger partial charge in [-0.3, -0.25) is 0 Å². The van der Waals surface area contributed by atoms with Crippen molar-refractivity contribution >= 4 is 5.97 Å². The Kier molecular flexibility index (Phi) is 3.58. The predicted molar refractivity (Wildman–Crippen MR) is 63.1 cm³/mol. The highest BCUT2D eigenvalue weighted by atomic mass is 16.5. The van der Waals surface area contributed by atoms with E-state index in [0.717, 1.165) is 12.0 Å². The molecule has 88 valence electrons. The standard InChI is InChI=1S/C13H18O3/c1-13(2,3)8-9-5-6-11(16-4)10(7-9)12(14)15/h5-7H,8H2,1-4H3,(H,14,15). The van der Waals surface area contributed by atoms with Crippen LogP contribution in [0.4, 0.5) is 0 Å². The minimum atomic E-state index is -0.951. The molecule has 16 heavy (non-hydrogen) atoms. The minimum absolute atomic E-state index is 0.143. The topological polar surface area (TPSA) is 46.5 Å². The third-order valence-electron chi connectivity index (χ3n) is 2.23. The van der Waals surface area contributed by atoms with Gasteiger partial charge in [-0.2, -0.15) is 0 Å². The van der Waals surface area contributed by atoms with E-state index in [0.29, 0.717) is 5.75 Å². The zero-order chi connectivity index (χ0) is 12.3. The van der Waals surface area contributed by atoms with E-state index in [1.807, 2.05) is 6.07 Å². The van der Waals surface area contributed by atoms with Gasteiger partial charge in [-0.15, -0.1) is 0 Å². The summed E-state index contributed by atoms with van der Waals surface area (Å²) in [5.74, 6) is -0.544. The molecule has 0 aliphatic rings. The lowest BCUT2D eigenvalue weighted by Crippen LogP contribution is -2.10.